The molecule has 1 aliphatic rings. The molecule has 1 aliphatic heterocycles. The lowest BCUT2D eigenvalue weighted by Gasteiger charge is -2.39. The molecule has 1 heterocycles. The smallest absolute Gasteiger partial charge is 0.306 e. The summed E-state index contributed by atoms with van der Waals surface area (Å²) in [5, 5.41) is 40.2. The molecule has 0 aromatic carbocycles. The number of ether oxygens (including phenoxy) is 4. The van der Waals surface area contributed by atoms with Crippen molar-refractivity contribution >= 4 is 5.97 Å². The van der Waals surface area contributed by atoms with E-state index in [2.05, 4.69) is 26.0 Å². The summed E-state index contributed by atoms with van der Waals surface area (Å²) < 4.78 is 22.9. The van der Waals surface area contributed by atoms with E-state index in [0.717, 1.165) is 44.9 Å². The number of allylic oxidation sites excluding steroid dienone is 2. The molecule has 0 saturated carbocycles. The van der Waals surface area contributed by atoms with Gasteiger partial charge in [0, 0.05) is 13.0 Å². The molecule has 1 rings (SSSR count). The molecule has 6 atom stereocenters. The number of aliphatic hydroxyl groups is 4. The van der Waals surface area contributed by atoms with E-state index in [9.17, 15) is 25.2 Å². The minimum Gasteiger partial charge on any atom is -0.457 e. The summed E-state index contributed by atoms with van der Waals surface area (Å²) in [5.74, 6) is -0.318. The highest BCUT2D eigenvalue weighted by atomic mass is 16.7. The van der Waals surface area contributed by atoms with Gasteiger partial charge in [0.15, 0.2) is 6.29 Å². The van der Waals surface area contributed by atoms with Crippen LogP contribution in [0.3, 0.4) is 0 Å². The highest BCUT2D eigenvalue weighted by Crippen LogP contribution is 2.23. The van der Waals surface area contributed by atoms with Gasteiger partial charge in [-0.1, -0.05) is 199 Å². The fourth-order valence-electron chi connectivity index (χ4n) is 7.78. The van der Waals surface area contributed by atoms with E-state index in [4.69, 9.17) is 18.9 Å². The lowest BCUT2D eigenvalue weighted by atomic mass is 9.99. The van der Waals surface area contributed by atoms with E-state index in [1.807, 2.05) is 0 Å². The van der Waals surface area contributed by atoms with Gasteiger partial charge in [0.25, 0.3) is 0 Å². The fraction of sp³-hybridized carbons (Fsp3) is 0.939. The fourth-order valence-corrected chi connectivity index (χ4v) is 7.78. The first-order chi connectivity index (χ1) is 28.4. The number of aliphatic hydroxyl groups excluding tert-OH is 4. The zero-order chi connectivity index (χ0) is 42.2. The molecular weight excluding hydrogens is 733 g/mol. The van der Waals surface area contributed by atoms with Crippen LogP contribution in [-0.2, 0) is 23.7 Å². The molecule has 0 aromatic rings. The van der Waals surface area contributed by atoms with Crippen molar-refractivity contribution in [3.63, 3.8) is 0 Å². The Kier molecular flexibility index (Phi) is 39.1. The molecule has 0 bridgehead atoms. The Labute approximate surface area is 356 Å². The molecule has 58 heavy (non-hydrogen) atoms. The third-order valence-corrected chi connectivity index (χ3v) is 11.7. The molecule has 0 aliphatic carbocycles. The molecule has 0 amide bonds. The molecule has 1 fully saturated rings. The van der Waals surface area contributed by atoms with Crippen LogP contribution in [0.5, 0.6) is 0 Å². The van der Waals surface area contributed by atoms with Gasteiger partial charge in [-0.15, -0.1) is 0 Å². The number of hydrogen-bond donors (Lipinski definition) is 4. The lowest BCUT2D eigenvalue weighted by molar-refractivity contribution is -0.305. The highest BCUT2D eigenvalue weighted by molar-refractivity contribution is 5.69. The second-order valence-corrected chi connectivity index (χ2v) is 17.3. The van der Waals surface area contributed by atoms with Crippen molar-refractivity contribution in [2.45, 2.75) is 269 Å². The Morgan fingerprint density at radius 3 is 1.41 bits per heavy atom. The van der Waals surface area contributed by atoms with Crippen LogP contribution in [-0.4, -0.2) is 89.6 Å². The maximum absolute atomic E-state index is 12.8. The van der Waals surface area contributed by atoms with Gasteiger partial charge in [-0.05, 0) is 38.5 Å². The van der Waals surface area contributed by atoms with Gasteiger partial charge in [0.1, 0.15) is 30.5 Å². The predicted octanol–water partition coefficient (Wildman–Crippen LogP) is 11.6. The summed E-state index contributed by atoms with van der Waals surface area (Å²) in [7, 11) is 0. The first-order valence-electron chi connectivity index (χ1n) is 24.8. The summed E-state index contributed by atoms with van der Waals surface area (Å²) in [6, 6.07) is 0. The standard InChI is InChI=1S/C49H94O9/c1-3-5-7-9-11-13-15-17-18-19-20-21-22-23-24-25-27-29-31-33-35-37-39-55-41-43(42-56-49-48(54)47(53)46(52)44(40-50)58-49)57-45(51)38-36-34-32-30-28-26-16-14-12-10-8-6-4-2/h14,16,43-44,46-50,52-54H,3-13,15,17-42H2,1-2H3/b16-14-. The van der Waals surface area contributed by atoms with Gasteiger partial charge in [-0.25, -0.2) is 0 Å². The Balaban J connectivity index is 2.17. The predicted molar refractivity (Wildman–Crippen MR) is 238 cm³/mol. The number of rotatable bonds is 43. The molecule has 9 heteroatoms. The van der Waals surface area contributed by atoms with Crippen LogP contribution in [0.15, 0.2) is 12.2 Å². The summed E-state index contributed by atoms with van der Waals surface area (Å²) in [6.07, 6.45) is 39.6. The quantitative estimate of drug-likeness (QED) is 0.0269. The van der Waals surface area contributed by atoms with Gasteiger partial charge in [0.05, 0.1) is 19.8 Å². The molecule has 0 spiro atoms. The van der Waals surface area contributed by atoms with Crippen molar-refractivity contribution in [1.82, 2.24) is 0 Å². The summed E-state index contributed by atoms with van der Waals surface area (Å²) in [4.78, 5) is 12.8. The van der Waals surface area contributed by atoms with Gasteiger partial charge in [-0.2, -0.15) is 0 Å². The SMILES string of the molecule is CCCCCC/C=C\CCCCCCCC(=O)OC(COCCCCCCCCCCCCCCCCCCCCCCCC)COC1OC(CO)C(O)C(O)C1O. The van der Waals surface area contributed by atoms with E-state index in [1.165, 1.54) is 167 Å². The van der Waals surface area contributed by atoms with Crippen LogP contribution >= 0.6 is 0 Å². The van der Waals surface area contributed by atoms with E-state index >= 15 is 0 Å². The largest absolute Gasteiger partial charge is 0.457 e. The Morgan fingerprint density at radius 2 is 0.948 bits per heavy atom. The summed E-state index contributed by atoms with van der Waals surface area (Å²) >= 11 is 0. The van der Waals surface area contributed by atoms with Crippen LogP contribution in [0.25, 0.3) is 0 Å². The van der Waals surface area contributed by atoms with Crippen molar-refractivity contribution in [3.05, 3.63) is 12.2 Å². The lowest BCUT2D eigenvalue weighted by Crippen LogP contribution is -2.59. The molecule has 1 saturated heterocycles. The van der Waals surface area contributed by atoms with Gasteiger partial charge in [-0.3, -0.25) is 4.79 Å². The van der Waals surface area contributed by atoms with Crippen molar-refractivity contribution in [1.29, 1.82) is 0 Å². The molecule has 0 aromatic heterocycles. The zero-order valence-electron chi connectivity index (χ0n) is 37.8. The minimum absolute atomic E-state index is 0.111. The van der Waals surface area contributed by atoms with Crippen LogP contribution in [0, 0.1) is 0 Å². The average molecular weight is 827 g/mol. The first kappa shape index (κ1) is 54.9. The molecule has 9 nitrogen and oxygen atoms in total. The third kappa shape index (κ3) is 31.8. The second-order valence-electron chi connectivity index (χ2n) is 17.3. The van der Waals surface area contributed by atoms with Gasteiger partial charge < -0.3 is 39.4 Å². The number of unbranched alkanes of at least 4 members (excludes halogenated alkanes) is 30. The molecule has 4 N–H and O–H groups in total. The summed E-state index contributed by atoms with van der Waals surface area (Å²) in [5.41, 5.74) is 0. The Morgan fingerprint density at radius 1 is 0.534 bits per heavy atom. The van der Waals surface area contributed by atoms with Crippen molar-refractivity contribution < 1.29 is 44.2 Å². The van der Waals surface area contributed by atoms with Crippen LogP contribution in [0.4, 0.5) is 0 Å². The minimum atomic E-state index is -1.53. The average Bonchev–Trinajstić information content (AvgIpc) is 3.22. The number of carbonyl (C=O) groups is 1. The van der Waals surface area contributed by atoms with Crippen LogP contribution < -0.4 is 0 Å². The number of hydrogen-bond acceptors (Lipinski definition) is 9. The maximum atomic E-state index is 12.8. The molecule has 0 radical (unpaired) electrons. The van der Waals surface area contributed by atoms with Crippen molar-refractivity contribution in [2.24, 2.45) is 0 Å². The topological polar surface area (TPSA) is 135 Å². The third-order valence-electron chi connectivity index (χ3n) is 11.7. The van der Waals surface area contributed by atoms with E-state index in [1.54, 1.807) is 0 Å². The van der Waals surface area contributed by atoms with Crippen molar-refractivity contribution in [2.75, 3.05) is 26.4 Å². The maximum Gasteiger partial charge on any atom is 0.306 e. The Hall–Kier alpha value is -1.07. The van der Waals surface area contributed by atoms with Gasteiger partial charge >= 0.3 is 5.97 Å². The van der Waals surface area contributed by atoms with Crippen LogP contribution in [0.2, 0.25) is 0 Å². The first-order valence-corrected chi connectivity index (χ1v) is 24.8. The molecular formula is C49H94O9. The second kappa shape index (κ2) is 41.3. The molecule has 344 valence electrons. The van der Waals surface area contributed by atoms with E-state index in [0.29, 0.717) is 13.0 Å². The zero-order valence-corrected chi connectivity index (χ0v) is 37.8. The monoisotopic (exact) mass is 827 g/mol. The van der Waals surface area contributed by atoms with Gasteiger partial charge in [0.2, 0.25) is 0 Å². The summed E-state index contributed by atoms with van der Waals surface area (Å²) in [6.45, 7) is 4.58. The van der Waals surface area contributed by atoms with Crippen LogP contribution in [0.1, 0.15) is 232 Å². The van der Waals surface area contributed by atoms with Crippen molar-refractivity contribution in [3.8, 4) is 0 Å². The Bertz CT molecular complexity index is 899. The molecule has 6 unspecified atom stereocenters. The number of carbonyl (C=O) groups excluding carboxylic acids is 1. The highest BCUT2D eigenvalue weighted by Gasteiger charge is 2.44. The number of esters is 1. The normalized spacial score (nSPS) is 20.3. The van der Waals surface area contributed by atoms with E-state index < -0.39 is 43.4 Å². The van der Waals surface area contributed by atoms with E-state index in [-0.39, 0.29) is 19.2 Å².